The molecule has 0 amide bonds. The number of aliphatic hydroxyl groups is 1. The summed E-state index contributed by atoms with van der Waals surface area (Å²) in [6.45, 7) is 6.16. The van der Waals surface area contributed by atoms with E-state index >= 15 is 0 Å². The fraction of sp³-hybridized carbons (Fsp3) is 0.647. The van der Waals surface area contributed by atoms with E-state index in [4.69, 9.17) is 14.2 Å². The van der Waals surface area contributed by atoms with Gasteiger partial charge >= 0.3 is 0 Å². The minimum absolute atomic E-state index is 0.267. The van der Waals surface area contributed by atoms with Crippen LogP contribution in [-0.4, -0.2) is 37.3 Å². The van der Waals surface area contributed by atoms with Gasteiger partial charge in [0.05, 0.1) is 19.3 Å². The van der Waals surface area contributed by atoms with E-state index in [0.29, 0.717) is 26.2 Å². The predicted octanol–water partition coefficient (Wildman–Crippen LogP) is 3.13. The molecule has 2 unspecified atom stereocenters. The van der Waals surface area contributed by atoms with Gasteiger partial charge in [-0.3, -0.25) is 0 Å². The molecule has 0 saturated carbocycles. The number of ether oxygens (including phenoxy) is 3. The Kier molecular flexibility index (Phi) is 10.1. The highest BCUT2D eigenvalue weighted by Crippen LogP contribution is 2.03. The van der Waals surface area contributed by atoms with Gasteiger partial charge in [-0.1, -0.05) is 37.3 Å². The largest absolute Gasteiger partial charge is 0.391 e. The van der Waals surface area contributed by atoms with Gasteiger partial charge in [0.2, 0.25) is 0 Å². The molecule has 1 aromatic carbocycles. The van der Waals surface area contributed by atoms with Gasteiger partial charge in [-0.15, -0.1) is 0 Å². The summed E-state index contributed by atoms with van der Waals surface area (Å²) in [6.07, 6.45) is 1.94. The maximum Gasteiger partial charge on any atom is 0.154 e. The number of benzene rings is 1. The van der Waals surface area contributed by atoms with Crippen molar-refractivity contribution >= 4 is 0 Å². The molecule has 1 rings (SSSR count). The lowest BCUT2D eigenvalue weighted by molar-refractivity contribution is -0.147. The summed E-state index contributed by atoms with van der Waals surface area (Å²) in [5.41, 5.74) is 1.20. The zero-order valence-electron chi connectivity index (χ0n) is 13.2. The maximum atomic E-state index is 9.37. The molecule has 4 heteroatoms. The Labute approximate surface area is 128 Å². The molecular weight excluding hydrogens is 268 g/mol. The molecule has 0 aliphatic carbocycles. The lowest BCUT2D eigenvalue weighted by Crippen LogP contribution is -2.21. The first-order valence-corrected chi connectivity index (χ1v) is 7.75. The smallest absolute Gasteiger partial charge is 0.154 e. The third-order valence-electron chi connectivity index (χ3n) is 3.14. The summed E-state index contributed by atoms with van der Waals surface area (Å²) in [6, 6.07) is 10.2. The molecule has 0 heterocycles. The highest BCUT2D eigenvalue weighted by atomic mass is 16.7. The summed E-state index contributed by atoms with van der Waals surface area (Å²) >= 11 is 0. The van der Waals surface area contributed by atoms with E-state index in [1.807, 2.05) is 32.0 Å². The first-order chi connectivity index (χ1) is 10.2. The molecule has 0 aromatic heterocycles. The molecule has 0 fully saturated rings. The molecule has 0 saturated heterocycles. The summed E-state index contributed by atoms with van der Waals surface area (Å²) in [5, 5.41) is 9.37. The minimum Gasteiger partial charge on any atom is -0.391 e. The third-order valence-corrected chi connectivity index (χ3v) is 3.14. The van der Waals surface area contributed by atoms with Gasteiger partial charge in [0, 0.05) is 13.2 Å². The number of hydrogen-bond donors (Lipinski definition) is 1. The number of unbranched alkanes of at least 4 members (excludes halogenated alkanes) is 1. The molecule has 1 N–H and O–H groups in total. The van der Waals surface area contributed by atoms with Gasteiger partial charge in [0.15, 0.2) is 6.29 Å². The summed E-state index contributed by atoms with van der Waals surface area (Å²) < 4.78 is 16.5. The number of aliphatic hydroxyl groups excluding tert-OH is 1. The van der Waals surface area contributed by atoms with E-state index in [0.717, 1.165) is 19.4 Å². The number of hydrogen-bond acceptors (Lipinski definition) is 4. The topological polar surface area (TPSA) is 47.9 Å². The summed E-state index contributed by atoms with van der Waals surface area (Å²) in [5.74, 6) is 0. The van der Waals surface area contributed by atoms with E-state index < -0.39 is 6.10 Å². The Morgan fingerprint density at radius 3 is 2.48 bits per heavy atom. The molecule has 4 nitrogen and oxygen atoms in total. The highest BCUT2D eigenvalue weighted by molar-refractivity contribution is 5.13. The maximum absolute atomic E-state index is 9.37. The molecule has 0 aliphatic rings. The standard InChI is InChI=1S/C17H28O4/c1-3-17(18)14-21-15(2)20-12-8-7-11-19-13-16-9-5-4-6-10-16/h4-6,9-10,15,17-18H,3,7-8,11-14H2,1-2H3. The van der Waals surface area contributed by atoms with Gasteiger partial charge in [-0.05, 0) is 31.7 Å². The second-order valence-corrected chi connectivity index (χ2v) is 5.08. The lowest BCUT2D eigenvalue weighted by atomic mass is 10.2. The first kappa shape index (κ1) is 18.1. The average Bonchev–Trinajstić information content (AvgIpc) is 2.52. The van der Waals surface area contributed by atoms with Gasteiger partial charge in [-0.2, -0.15) is 0 Å². The van der Waals surface area contributed by atoms with Gasteiger partial charge in [0.25, 0.3) is 0 Å². The van der Waals surface area contributed by atoms with Crippen molar-refractivity contribution in [2.45, 2.75) is 52.1 Å². The van der Waals surface area contributed by atoms with E-state index in [-0.39, 0.29) is 6.29 Å². The van der Waals surface area contributed by atoms with E-state index in [1.54, 1.807) is 0 Å². The van der Waals surface area contributed by atoms with Crippen LogP contribution in [0.5, 0.6) is 0 Å². The van der Waals surface area contributed by atoms with Crippen molar-refractivity contribution in [2.75, 3.05) is 19.8 Å². The van der Waals surface area contributed by atoms with E-state index in [2.05, 4.69) is 12.1 Å². The zero-order chi connectivity index (χ0) is 15.3. The fourth-order valence-electron chi connectivity index (χ4n) is 1.73. The van der Waals surface area contributed by atoms with Crippen LogP contribution in [0.1, 0.15) is 38.7 Å². The summed E-state index contributed by atoms with van der Waals surface area (Å²) in [4.78, 5) is 0. The summed E-state index contributed by atoms with van der Waals surface area (Å²) in [7, 11) is 0. The quantitative estimate of drug-likeness (QED) is 0.475. The fourth-order valence-corrected chi connectivity index (χ4v) is 1.73. The molecule has 0 radical (unpaired) electrons. The normalized spacial score (nSPS) is 14.0. The minimum atomic E-state index is -0.401. The van der Waals surface area contributed by atoms with Gasteiger partial charge in [0.1, 0.15) is 0 Å². The Morgan fingerprint density at radius 2 is 1.76 bits per heavy atom. The van der Waals surface area contributed by atoms with Crippen molar-refractivity contribution in [1.82, 2.24) is 0 Å². The molecule has 0 aliphatic heterocycles. The highest BCUT2D eigenvalue weighted by Gasteiger charge is 2.06. The monoisotopic (exact) mass is 296 g/mol. The molecule has 2 atom stereocenters. The van der Waals surface area contributed by atoms with Crippen molar-refractivity contribution in [1.29, 1.82) is 0 Å². The average molecular weight is 296 g/mol. The van der Waals surface area contributed by atoms with Crippen molar-refractivity contribution < 1.29 is 19.3 Å². The van der Waals surface area contributed by atoms with Crippen LogP contribution < -0.4 is 0 Å². The van der Waals surface area contributed by atoms with Crippen LogP contribution in [0.4, 0.5) is 0 Å². The van der Waals surface area contributed by atoms with Gasteiger partial charge < -0.3 is 19.3 Å². The number of rotatable bonds is 12. The Balaban J connectivity index is 1.90. The first-order valence-electron chi connectivity index (χ1n) is 7.75. The molecule has 21 heavy (non-hydrogen) atoms. The van der Waals surface area contributed by atoms with E-state index in [9.17, 15) is 5.11 Å². The second kappa shape index (κ2) is 11.7. The Hall–Kier alpha value is -0.940. The molecule has 1 aromatic rings. The van der Waals surface area contributed by atoms with Crippen LogP contribution in [0.3, 0.4) is 0 Å². The van der Waals surface area contributed by atoms with E-state index in [1.165, 1.54) is 5.56 Å². The molecular formula is C17H28O4. The Bertz CT molecular complexity index is 342. The van der Waals surface area contributed by atoms with Crippen LogP contribution >= 0.6 is 0 Å². The van der Waals surface area contributed by atoms with Crippen molar-refractivity contribution in [2.24, 2.45) is 0 Å². The van der Waals surface area contributed by atoms with Crippen LogP contribution in [0, 0.1) is 0 Å². The predicted molar refractivity (Wildman–Crippen MR) is 83.0 cm³/mol. The Morgan fingerprint density at radius 1 is 1.05 bits per heavy atom. The molecule has 120 valence electrons. The van der Waals surface area contributed by atoms with Crippen molar-refractivity contribution in [3.05, 3.63) is 35.9 Å². The third kappa shape index (κ3) is 9.58. The van der Waals surface area contributed by atoms with Crippen LogP contribution in [0.25, 0.3) is 0 Å². The SMILES string of the molecule is CCC(O)COC(C)OCCCCOCc1ccccc1. The second-order valence-electron chi connectivity index (χ2n) is 5.08. The zero-order valence-corrected chi connectivity index (χ0v) is 13.2. The van der Waals surface area contributed by atoms with Crippen LogP contribution in [0.2, 0.25) is 0 Å². The van der Waals surface area contributed by atoms with Crippen LogP contribution in [0.15, 0.2) is 30.3 Å². The van der Waals surface area contributed by atoms with Gasteiger partial charge in [-0.25, -0.2) is 0 Å². The molecule has 0 bridgehead atoms. The lowest BCUT2D eigenvalue weighted by Gasteiger charge is -2.16. The van der Waals surface area contributed by atoms with Crippen molar-refractivity contribution in [3.63, 3.8) is 0 Å². The molecule has 0 spiro atoms. The van der Waals surface area contributed by atoms with Crippen molar-refractivity contribution in [3.8, 4) is 0 Å². The van der Waals surface area contributed by atoms with Crippen LogP contribution in [-0.2, 0) is 20.8 Å².